The summed E-state index contributed by atoms with van der Waals surface area (Å²) < 4.78 is 26.4. The Morgan fingerprint density at radius 1 is 1.00 bits per heavy atom. The van der Waals surface area contributed by atoms with Gasteiger partial charge in [-0.05, 0) is 36.8 Å². The Morgan fingerprint density at radius 2 is 1.60 bits per heavy atom. The summed E-state index contributed by atoms with van der Waals surface area (Å²) >= 11 is 0. The van der Waals surface area contributed by atoms with Crippen LogP contribution in [0.1, 0.15) is 12.5 Å². The molecule has 0 saturated carbocycles. The second kappa shape index (κ2) is 5.96. The number of hydrogen-bond donors (Lipinski definition) is 1. The van der Waals surface area contributed by atoms with Crippen molar-refractivity contribution in [3.63, 3.8) is 0 Å². The molecule has 0 aliphatic rings. The van der Waals surface area contributed by atoms with E-state index >= 15 is 0 Å². The van der Waals surface area contributed by atoms with Gasteiger partial charge in [0.2, 0.25) is 10.0 Å². The fourth-order valence-corrected chi connectivity index (χ4v) is 3.64. The third-order valence-electron chi connectivity index (χ3n) is 3.00. The van der Waals surface area contributed by atoms with Crippen molar-refractivity contribution in [2.24, 2.45) is 0 Å². The Hall–Kier alpha value is -2.01. The lowest BCUT2D eigenvalue weighted by molar-refractivity contribution is 0.591. The smallest absolute Gasteiger partial charge is 0.239 e. The van der Waals surface area contributed by atoms with Crippen LogP contribution in [0, 0.1) is 0 Å². The molecule has 0 aliphatic heterocycles. The lowest BCUT2D eigenvalue weighted by atomic mass is 10.2. The molecule has 5 heteroatoms. The summed E-state index contributed by atoms with van der Waals surface area (Å²) in [6, 6.07) is 16.0. The van der Waals surface area contributed by atoms with Crippen LogP contribution in [0.3, 0.4) is 0 Å². The highest BCUT2D eigenvalue weighted by Crippen LogP contribution is 2.20. The molecule has 2 aromatic carbocycles. The van der Waals surface area contributed by atoms with E-state index in [2.05, 4.69) is 0 Å². The molecule has 2 aromatic rings. The average molecular weight is 290 g/mol. The Balaban J connectivity index is 2.26. The van der Waals surface area contributed by atoms with Gasteiger partial charge < -0.3 is 5.73 Å². The zero-order valence-corrected chi connectivity index (χ0v) is 12.2. The van der Waals surface area contributed by atoms with Crippen LogP contribution in [0.4, 0.5) is 11.4 Å². The van der Waals surface area contributed by atoms with E-state index in [9.17, 15) is 8.42 Å². The second-order valence-electron chi connectivity index (χ2n) is 4.50. The minimum absolute atomic E-state index is 0.0317. The molecule has 0 bridgehead atoms. The van der Waals surface area contributed by atoms with Gasteiger partial charge in [0.15, 0.2) is 0 Å². The normalized spacial score (nSPS) is 11.2. The van der Waals surface area contributed by atoms with Gasteiger partial charge in [-0.15, -0.1) is 0 Å². The van der Waals surface area contributed by atoms with Crippen LogP contribution < -0.4 is 10.0 Å². The highest BCUT2D eigenvalue weighted by molar-refractivity contribution is 7.92. The number of rotatable bonds is 5. The third-order valence-corrected chi connectivity index (χ3v) is 4.83. The first-order chi connectivity index (χ1) is 9.53. The zero-order chi connectivity index (χ0) is 14.6. The van der Waals surface area contributed by atoms with Gasteiger partial charge in [-0.1, -0.05) is 30.3 Å². The summed E-state index contributed by atoms with van der Waals surface area (Å²) in [5, 5.41) is 0. The molecular weight excluding hydrogens is 272 g/mol. The minimum Gasteiger partial charge on any atom is -0.399 e. The quantitative estimate of drug-likeness (QED) is 0.861. The minimum atomic E-state index is -3.40. The number of hydrogen-bond acceptors (Lipinski definition) is 3. The molecule has 0 heterocycles. The van der Waals surface area contributed by atoms with Gasteiger partial charge in [-0.25, -0.2) is 8.42 Å². The molecule has 20 heavy (non-hydrogen) atoms. The Labute approximate surface area is 119 Å². The van der Waals surface area contributed by atoms with Crippen molar-refractivity contribution < 1.29 is 8.42 Å². The van der Waals surface area contributed by atoms with E-state index in [4.69, 9.17) is 5.73 Å². The lowest BCUT2D eigenvalue weighted by Gasteiger charge is -2.22. The van der Waals surface area contributed by atoms with Gasteiger partial charge in [0.25, 0.3) is 0 Å². The molecule has 106 valence electrons. The van der Waals surface area contributed by atoms with E-state index in [1.165, 1.54) is 4.31 Å². The van der Waals surface area contributed by atoms with Crippen LogP contribution in [0.2, 0.25) is 0 Å². The van der Waals surface area contributed by atoms with E-state index in [1.807, 2.05) is 25.1 Å². The van der Waals surface area contributed by atoms with Gasteiger partial charge in [-0.3, -0.25) is 4.31 Å². The Morgan fingerprint density at radius 3 is 2.15 bits per heavy atom. The lowest BCUT2D eigenvalue weighted by Crippen LogP contribution is -2.31. The molecular formula is C15H18N2O2S. The number of nitrogen functional groups attached to an aromatic ring is 1. The average Bonchev–Trinajstić information content (AvgIpc) is 2.43. The second-order valence-corrected chi connectivity index (χ2v) is 6.39. The molecule has 0 aromatic heterocycles. The monoisotopic (exact) mass is 290 g/mol. The number of para-hydroxylation sites is 1. The van der Waals surface area contributed by atoms with E-state index in [0.717, 1.165) is 5.56 Å². The Kier molecular flexibility index (Phi) is 4.29. The number of nitrogens with zero attached hydrogens (tertiary/aromatic N) is 1. The molecule has 0 fully saturated rings. The first kappa shape index (κ1) is 14.4. The van der Waals surface area contributed by atoms with Gasteiger partial charge >= 0.3 is 0 Å². The molecule has 0 radical (unpaired) electrons. The summed E-state index contributed by atoms with van der Waals surface area (Å²) in [7, 11) is -3.40. The van der Waals surface area contributed by atoms with E-state index in [0.29, 0.717) is 17.9 Å². The number of sulfonamides is 1. The van der Waals surface area contributed by atoms with Crippen molar-refractivity contribution in [3.05, 3.63) is 60.2 Å². The highest BCUT2D eigenvalue weighted by Gasteiger charge is 2.21. The maximum atomic E-state index is 12.5. The van der Waals surface area contributed by atoms with E-state index in [-0.39, 0.29) is 5.75 Å². The molecule has 0 spiro atoms. The number of anilines is 2. The summed E-state index contributed by atoms with van der Waals surface area (Å²) in [6.07, 6.45) is 0. The Bertz CT molecular complexity index is 652. The predicted molar refractivity (Wildman–Crippen MR) is 82.9 cm³/mol. The molecule has 4 nitrogen and oxygen atoms in total. The highest BCUT2D eigenvalue weighted by atomic mass is 32.2. The fraction of sp³-hybridized carbons (Fsp3) is 0.200. The van der Waals surface area contributed by atoms with Crippen molar-refractivity contribution in [1.29, 1.82) is 0 Å². The summed E-state index contributed by atoms with van der Waals surface area (Å²) in [5.41, 5.74) is 7.65. The van der Waals surface area contributed by atoms with E-state index in [1.54, 1.807) is 36.4 Å². The predicted octanol–water partition coefficient (Wildman–Crippen LogP) is 2.63. The summed E-state index contributed by atoms with van der Waals surface area (Å²) in [4.78, 5) is 0. The van der Waals surface area contributed by atoms with Crippen molar-refractivity contribution >= 4 is 21.4 Å². The zero-order valence-electron chi connectivity index (χ0n) is 11.4. The van der Waals surface area contributed by atoms with Crippen LogP contribution in [0.5, 0.6) is 0 Å². The van der Waals surface area contributed by atoms with Crippen LogP contribution in [0.25, 0.3) is 0 Å². The van der Waals surface area contributed by atoms with Crippen molar-refractivity contribution in [2.75, 3.05) is 16.6 Å². The molecule has 2 rings (SSSR count). The molecule has 0 atom stereocenters. The summed E-state index contributed by atoms with van der Waals surface area (Å²) in [6.45, 7) is 2.23. The topological polar surface area (TPSA) is 63.4 Å². The number of benzene rings is 2. The summed E-state index contributed by atoms with van der Waals surface area (Å²) in [5.74, 6) is -0.0317. The molecule has 2 N–H and O–H groups in total. The first-order valence-electron chi connectivity index (χ1n) is 6.43. The van der Waals surface area contributed by atoms with Gasteiger partial charge in [-0.2, -0.15) is 0 Å². The first-order valence-corrected chi connectivity index (χ1v) is 8.03. The van der Waals surface area contributed by atoms with Crippen LogP contribution in [-0.2, 0) is 15.8 Å². The fourth-order valence-electron chi connectivity index (χ4n) is 2.04. The van der Waals surface area contributed by atoms with Crippen molar-refractivity contribution in [2.45, 2.75) is 12.7 Å². The van der Waals surface area contributed by atoms with Gasteiger partial charge in [0, 0.05) is 12.2 Å². The van der Waals surface area contributed by atoms with Gasteiger partial charge in [0.1, 0.15) is 0 Å². The van der Waals surface area contributed by atoms with E-state index < -0.39 is 10.0 Å². The van der Waals surface area contributed by atoms with Crippen LogP contribution in [0.15, 0.2) is 54.6 Å². The number of nitrogens with two attached hydrogens (primary N) is 1. The van der Waals surface area contributed by atoms with Crippen molar-refractivity contribution in [1.82, 2.24) is 0 Å². The largest absolute Gasteiger partial charge is 0.399 e. The maximum absolute atomic E-state index is 12.5. The molecule has 0 amide bonds. The van der Waals surface area contributed by atoms with Crippen molar-refractivity contribution in [3.8, 4) is 0 Å². The van der Waals surface area contributed by atoms with Crippen LogP contribution in [-0.4, -0.2) is 15.0 Å². The molecule has 0 saturated heterocycles. The standard InChI is InChI=1S/C15H18N2O2S/c1-2-17(15-6-4-3-5-7-15)20(18,19)12-13-8-10-14(16)11-9-13/h3-11H,2,12,16H2,1H3. The molecule has 0 aliphatic carbocycles. The SMILES string of the molecule is CCN(c1ccccc1)S(=O)(=O)Cc1ccc(N)cc1. The van der Waals surface area contributed by atoms with Gasteiger partial charge in [0.05, 0.1) is 11.4 Å². The third kappa shape index (κ3) is 3.30. The molecule has 0 unspecified atom stereocenters. The maximum Gasteiger partial charge on any atom is 0.239 e. The van der Waals surface area contributed by atoms with Crippen LogP contribution >= 0.6 is 0 Å².